The van der Waals surface area contributed by atoms with E-state index >= 15 is 0 Å². The predicted octanol–water partition coefficient (Wildman–Crippen LogP) is -2.23. The van der Waals surface area contributed by atoms with Crippen molar-refractivity contribution < 1.29 is 28.9 Å². The van der Waals surface area contributed by atoms with E-state index in [2.05, 4.69) is 0 Å². The van der Waals surface area contributed by atoms with Crippen molar-refractivity contribution in [2.24, 2.45) is 0 Å². The van der Waals surface area contributed by atoms with Gasteiger partial charge in [0.05, 0.1) is 26.0 Å². The lowest BCUT2D eigenvalue weighted by molar-refractivity contribution is -0.131. The second-order valence-corrected chi connectivity index (χ2v) is 6.40. The molecule has 0 bridgehead atoms. The van der Waals surface area contributed by atoms with Crippen molar-refractivity contribution >= 4 is 7.60 Å². The summed E-state index contributed by atoms with van der Waals surface area (Å²) in [4.78, 5) is 42.3. The van der Waals surface area contributed by atoms with Gasteiger partial charge in [-0.15, -0.1) is 0 Å². The van der Waals surface area contributed by atoms with Gasteiger partial charge in [-0.05, 0) is 0 Å². The molecule has 1 aliphatic heterocycles. The van der Waals surface area contributed by atoms with Crippen LogP contribution in [0.1, 0.15) is 0 Å². The average molecular weight is 322 g/mol. The molecule has 4 N–H and O–H groups in total. The standard InChI is InChI=1S/C10H15N2O8P/c13-8-1-2-12(9(14)11-8)10(15)6-19-5-7(10)20-3-4-21(16,17)18/h1-2,7,15H,3-6H2,(H,11,13,14)(H2,16,17,18)/t7-,10-/m0/s1. The normalized spacial score (nSPS) is 26.1. The predicted molar refractivity (Wildman–Crippen MR) is 69.0 cm³/mol. The van der Waals surface area contributed by atoms with Crippen molar-refractivity contribution in [1.29, 1.82) is 0 Å². The summed E-state index contributed by atoms with van der Waals surface area (Å²) in [5.74, 6) is 0. The first kappa shape index (κ1) is 16.1. The van der Waals surface area contributed by atoms with E-state index in [9.17, 15) is 19.3 Å². The van der Waals surface area contributed by atoms with Crippen LogP contribution in [0, 0.1) is 0 Å². The third-order valence-electron chi connectivity index (χ3n) is 3.04. The van der Waals surface area contributed by atoms with Gasteiger partial charge in [-0.1, -0.05) is 0 Å². The number of H-pyrrole nitrogens is 1. The molecule has 11 heteroatoms. The van der Waals surface area contributed by atoms with E-state index in [1.54, 1.807) is 0 Å². The number of aromatic nitrogens is 2. The fraction of sp³-hybridized carbons (Fsp3) is 0.600. The summed E-state index contributed by atoms with van der Waals surface area (Å²) >= 11 is 0. The summed E-state index contributed by atoms with van der Waals surface area (Å²) in [6, 6.07) is 1.06. The zero-order valence-electron chi connectivity index (χ0n) is 10.8. The van der Waals surface area contributed by atoms with E-state index < -0.39 is 36.8 Å². The maximum atomic E-state index is 11.7. The second kappa shape index (κ2) is 5.84. The van der Waals surface area contributed by atoms with Crippen LogP contribution >= 0.6 is 7.60 Å². The number of nitrogens with one attached hydrogen (secondary N) is 1. The summed E-state index contributed by atoms with van der Waals surface area (Å²) in [6.45, 7) is -0.610. The lowest BCUT2D eigenvalue weighted by Gasteiger charge is -2.29. The number of aliphatic hydroxyl groups is 1. The average Bonchev–Trinajstić information content (AvgIpc) is 2.70. The van der Waals surface area contributed by atoms with E-state index in [1.165, 1.54) is 0 Å². The van der Waals surface area contributed by atoms with Crippen molar-refractivity contribution in [3.8, 4) is 0 Å². The molecular weight excluding hydrogens is 307 g/mol. The van der Waals surface area contributed by atoms with Crippen LogP contribution in [0.15, 0.2) is 21.9 Å². The summed E-state index contributed by atoms with van der Waals surface area (Å²) in [6.07, 6.45) is -0.400. The number of aromatic amines is 1. The van der Waals surface area contributed by atoms with E-state index in [0.717, 1.165) is 16.8 Å². The molecule has 2 heterocycles. The van der Waals surface area contributed by atoms with Crippen LogP contribution in [0.2, 0.25) is 0 Å². The van der Waals surface area contributed by atoms with Crippen LogP contribution < -0.4 is 11.2 Å². The van der Waals surface area contributed by atoms with E-state index in [4.69, 9.17) is 19.3 Å². The molecule has 1 aliphatic rings. The first-order valence-corrected chi connectivity index (χ1v) is 7.81. The van der Waals surface area contributed by atoms with Gasteiger partial charge in [0.15, 0.2) is 5.72 Å². The molecule has 1 aromatic heterocycles. The Morgan fingerprint density at radius 2 is 2.24 bits per heavy atom. The smallest absolute Gasteiger partial charge is 0.330 e. The monoisotopic (exact) mass is 322 g/mol. The zero-order valence-corrected chi connectivity index (χ0v) is 11.7. The molecule has 1 fully saturated rings. The molecule has 0 spiro atoms. The Hall–Kier alpha value is -1.29. The maximum absolute atomic E-state index is 11.7. The van der Waals surface area contributed by atoms with Gasteiger partial charge in [-0.25, -0.2) is 4.79 Å². The Balaban J connectivity index is 2.17. The molecule has 0 unspecified atom stereocenters. The van der Waals surface area contributed by atoms with Crippen LogP contribution in [0.3, 0.4) is 0 Å². The molecule has 0 aliphatic carbocycles. The molecule has 1 aromatic rings. The minimum atomic E-state index is -4.22. The minimum absolute atomic E-state index is 0.0524. The molecule has 0 saturated carbocycles. The van der Waals surface area contributed by atoms with Gasteiger partial charge < -0.3 is 24.4 Å². The highest BCUT2D eigenvalue weighted by atomic mass is 31.2. The third kappa shape index (κ3) is 3.67. The van der Waals surface area contributed by atoms with E-state index in [1.807, 2.05) is 4.98 Å². The van der Waals surface area contributed by atoms with Crippen LogP contribution in [-0.4, -0.2) is 56.5 Å². The molecule has 2 atom stereocenters. The van der Waals surface area contributed by atoms with Crippen LogP contribution in [0.25, 0.3) is 0 Å². The zero-order chi connectivity index (χ0) is 15.7. The number of nitrogens with zero attached hydrogens (tertiary/aromatic N) is 1. The summed E-state index contributed by atoms with van der Waals surface area (Å²) in [5, 5.41) is 10.5. The second-order valence-electron chi connectivity index (χ2n) is 4.62. The van der Waals surface area contributed by atoms with Crippen LogP contribution in [0.4, 0.5) is 0 Å². The van der Waals surface area contributed by atoms with E-state index in [0.29, 0.717) is 0 Å². The highest BCUT2D eigenvalue weighted by molar-refractivity contribution is 7.51. The van der Waals surface area contributed by atoms with E-state index in [-0.39, 0.29) is 19.8 Å². The molecule has 0 amide bonds. The van der Waals surface area contributed by atoms with Gasteiger partial charge in [0, 0.05) is 12.3 Å². The summed E-state index contributed by atoms with van der Waals surface area (Å²) < 4.78 is 21.9. The highest BCUT2D eigenvalue weighted by Gasteiger charge is 2.46. The van der Waals surface area contributed by atoms with Crippen molar-refractivity contribution in [3.63, 3.8) is 0 Å². The van der Waals surface area contributed by atoms with Crippen molar-refractivity contribution in [2.75, 3.05) is 26.0 Å². The third-order valence-corrected chi connectivity index (χ3v) is 3.81. The number of hydrogen-bond acceptors (Lipinski definition) is 6. The topological polar surface area (TPSA) is 151 Å². The molecule has 1 saturated heterocycles. The fourth-order valence-electron chi connectivity index (χ4n) is 1.98. The molecule has 118 valence electrons. The summed E-state index contributed by atoms with van der Waals surface area (Å²) in [7, 11) is -4.22. The summed E-state index contributed by atoms with van der Waals surface area (Å²) in [5.41, 5.74) is -3.30. The lowest BCUT2D eigenvalue weighted by Crippen LogP contribution is -2.52. The largest absolute Gasteiger partial charge is 0.373 e. The molecule has 10 nitrogen and oxygen atoms in total. The Kier molecular flexibility index (Phi) is 4.47. The van der Waals surface area contributed by atoms with Gasteiger partial charge >= 0.3 is 13.3 Å². The Morgan fingerprint density at radius 3 is 2.86 bits per heavy atom. The van der Waals surface area contributed by atoms with Crippen LogP contribution in [0.5, 0.6) is 0 Å². The first-order valence-electron chi connectivity index (χ1n) is 6.01. The van der Waals surface area contributed by atoms with Crippen molar-refractivity contribution in [1.82, 2.24) is 9.55 Å². The van der Waals surface area contributed by atoms with Gasteiger partial charge in [0.1, 0.15) is 6.10 Å². The first-order chi connectivity index (χ1) is 9.72. The number of rotatable bonds is 5. The Morgan fingerprint density at radius 1 is 1.52 bits per heavy atom. The SMILES string of the molecule is O=c1ccn([C@]2(O)COC[C@@H]2OCCP(=O)(O)O)c(=O)[nH]1. The molecular formula is C10H15N2O8P. The molecule has 2 rings (SSSR count). The van der Waals surface area contributed by atoms with Crippen molar-refractivity contribution in [3.05, 3.63) is 33.1 Å². The van der Waals surface area contributed by atoms with Gasteiger partial charge in [-0.2, -0.15) is 0 Å². The van der Waals surface area contributed by atoms with Gasteiger partial charge in [-0.3, -0.25) is 18.9 Å². The van der Waals surface area contributed by atoms with Gasteiger partial charge in [0.25, 0.3) is 5.56 Å². The fourth-order valence-corrected chi connectivity index (χ4v) is 2.33. The molecule has 0 aromatic carbocycles. The highest BCUT2D eigenvalue weighted by Crippen LogP contribution is 2.34. The Labute approximate surface area is 118 Å². The molecule has 21 heavy (non-hydrogen) atoms. The number of hydrogen-bond donors (Lipinski definition) is 4. The minimum Gasteiger partial charge on any atom is -0.373 e. The van der Waals surface area contributed by atoms with Crippen LogP contribution in [-0.2, 0) is 19.8 Å². The molecule has 0 radical (unpaired) electrons. The van der Waals surface area contributed by atoms with Crippen molar-refractivity contribution in [2.45, 2.75) is 11.8 Å². The number of ether oxygens (including phenoxy) is 2. The van der Waals surface area contributed by atoms with Gasteiger partial charge in [0.2, 0.25) is 0 Å². The maximum Gasteiger partial charge on any atom is 0.330 e. The quantitative estimate of drug-likeness (QED) is 0.445. The lowest BCUT2D eigenvalue weighted by atomic mass is 10.1. The Bertz CT molecular complexity index is 664.